The normalized spacial score (nSPS) is 10.6. The zero-order chi connectivity index (χ0) is 15.5. The number of carbonyl (C=O) groups excluding carboxylic acids is 1. The van der Waals surface area contributed by atoms with E-state index in [1.165, 1.54) is 0 Å². The molecule has 1 heterocycles. The molecule has 0 aliphatic rings. The maximum absolute atomic E-state index is 11.9. The van der Waals surface area contributed by atoms with Gasteiger partial charge in [-0.05, 0) is 42.8 Å². The second-order valence-electron chi connectivity index (χ2n) is 4.85. The molecule has 3 aromatic rings. The van der Waals surface area contributed by atoms with E-state index in [-0.39, 0.29) is 12.5 Å². The monoisotopic (exact) mass is 359 g/mol. The van der Waals surface area contributed by atoms with Crippen LogP contribution in [0.5, 0.6) is 0 Å². The van der Waals surface area contributed by atoms with Gasteiger partial charge in [0.15, 0.2) is 5.58 Å². The average molecular weight is 360 g/mol. The summed E-state index contributed by atoms with van der Waals surface area (Å²) in [4.78, 5) is 16.2. The van der Waals surface area contributed by atoms with Crippen molar-refractivity contribution in [1.82, 2.24) is 4.98 Å². The van der Waals surface area contributed by atoms with Gasteiger partial charge in [-0.25, -0.2) is 0 Å². The summed E-state index contributed by atoms with van der Waals surface area (Å²) in [5, 5.41) is 5.70. The highest BCUT2D eigenvalue weighted by atomic mass is 79.9. The third-order valence-corrected chi connectivity index (χ3v) is 4.03. The van der Waals surface area contributed by atoms with E-state index in [0.717, 1.165) is 21.2 Å². The van der Waals surface area contributed by atoms with Crippen LogP contribution < -0.4 is 10.6 Å². The highest BCUT2D eigenvalue weighted by Crippen LogP contribution is 2.20. The van der Waals surface area contributed by atoms with E-state index in [2.05, 4.69) is 31.5 Å². The van der Waals surface area contributed by atoms with Crippen LogP contribution in [0, 0.1) is 6.92 Å². The number of rotatable bonds is 4. The molecule has 0 atom stereocenters. The number of halogens is 1. The third kappa shape index (κ3) is 3.28. The van der Waals surface area contributed by atoms with Gasteiger partial charge in [0.2, 0.25) is 5.91 Å². The molecule has 0 unspecified atom stereocenters. The number of hydrogen-bond donors (Lipinski definition) is 2. The summed E-state index contributed by atoms with van der Waals surface area (Å²) in [5.74, 6) is -0.163. The molecule has 1 aromatic heterocycles. The smallest absolute Gasteiger partial charge is 0.296 e. The van der Waals surface area contributed by atoms with E-state index in [1.54, 1.807) is 0 Å². The lowest BCUT2D eigenvalue weighted by molar-refractivity contribution is -0.114. The maximum atomic E-state index is 11.9. The Labute approximate surface area is 135 Å². The van der Waals surface area contributed by atoms with Crippen LogP contribution in [0.1, 0.15) is 5.56 Å². The third-order valence-electron chi connectivity index (χ3n) is 3.14. The molecular formula is C16H14BrN3O2. The molecule has 5 nitrogen and oxygen atoms in total. The Balaban J connectivity index is 1.60. The molecule has 22 heavy (non-hydrogen) atoms. The molecule has 2 N–H and O–H groups in total. The van der Waals surface area contributed by atoms with E-state index in [9.17, 15) is 4.79 Å². The number of hydrogen-bond acceptors (Lipinski definition) is 4. The van der Waals surface area contributed by atoms with Crippen LogP contribution in [0.2, 0.25) is 0 Å². The molecule has 0 spiro atoms. The first-order valence-electron chi connectivity index (χ1n) is 6.77. The van der Waals surface area contributed by atoms with Crippen LogP contribution in [0.3, 0.4) is 0 Å². The molecule has 0 bridgehead atoms. The van der Waals surface area contributed by atoms with E-state index in [1.807, 2.05) is 49.4 Å². The molecule has 1 amide bonds. The minimum Gasteiger partial charge on any atom is -0.424 e. The Kier molecular flexibility index (Phi) is 4.11. The number of oxazole rings is 1. The fourth-order valence-corrected chi connectivity index (χ4v) is 2.28. The second kappa shape index (κ2) is 6.19. The first kappa shape index (κ1) is 14.6. The number of amides is 1. The van der Waals surface area contributed by atoms with Crippen molar-refractivity contribution in [2.24, 2.45) is 0 Å². The van der Waals surface area contributed by atoms with Gasteiger partial charge in [0.1, 0.15) is 5.52 Å². The van der Waals surface area contributed by atoms with Gasteiger partial charge in [-0.2, -0.15) is 4.98 Å². The number of carbonyl (C=O) groups is 1. The van der Waals surface area contributed by atoms with Crippen LogP contribution in [0.4, 0.5) is 11.7 Å². The van der Waals surface area contributed by atoms with Crippen molar-refractivity contribution in [3.05, 3.63) is 52.5 Å². The fourth-order valence-electron chi connectivity index (χ4n) is 2.03. The summed E-state index contributed by atoms with van der Waals surface area (Å²) in [6.45, 7) is 2.05. The zero-order valence-electron chi connectivity index (χ0n) is 11.9. The predicted octanol–water partition coefficient (Wildman–Crippen LogP) is 3.95. The van der Waals surface area contributed by atoms with Gasteiger partial charge in [-0.15, -0.1) is 0 Å². The number of nitrogens with one attached hydrogen (secondary N) is 2. The molecule has 3 rings (SSSR count). The topological polar surface area (TPSA) is 67.2 Å². The summed E-state index contributed by atoms with van der Waals surface area (Å²) in [5.41, 5.74) is 3.26. The van der Waals surface area contributed by atoms with Crippen molar-refractivity contribution in [3.8, 4) is 0 Å². The quantitative estimate of drug-likeness (QED) is 0.739. The number of nitrogens with zero attached hydrogens (tertiary/aromatic N) is 1. The minimum absolute atomic E-state index is 0.0853. The van der Waals surface area contributed by atoms with Gasteiger partial charge in [-0.3, -0.25) is 4.79 Å². The fraction of sp³-hybridized carbons (Fsp3) is 0.125. The van der Waals surface area contributed by atoms with E-state index >= 15 is 0 Å². The molecule has 0 saturated heterocycles. The molecule has 0 fully saturated rings. The van der Waals surface area contributed by atoms with Crippen molar-refractivity contribution < 1.29 is 9.21 Å². The van der Waals surface area contributed by atoms with Crippen LogP contribution in [0.25, 0.3) is 11.1 Å². The zero-order valence-corrected chi connectivity index (χ0v) is 13.5. The van der Waals surface area contributed by atoms with Crippen molar-refractivity contribution >= 4 is 44.6 Å². The van der Waals surface area contributed by atoms with Gasteiger partial charge in [0.05, 0.1) is 6.54 Å². The standard InChI is InChI=1S/C16H14BrN3O2/c1-10-8-11(6-7-12(10)17)19-15(21)9-18-16-20-13-4-2-3-5-14(13)22-16/h2-8H,9H2,1H3,(H,18,20)(H,19,21). The largest absolute Gasteiger partial charge is 0.424 e. The lowest BCUT2D eigenvalue weighted by atomic mass is 10.2. The number of anilines is 2. The van der Waals surface area contributed by atoms with Crippen LogP contribution >= 0.6 is 15.9 Å². The number of para-hydroxylation sites is 2. The number of aromatic nitrogens is 1. The number of fused-ring (bicyclic) bond motifs is 1. The van der Waals surface area contributed by atoms with Crippen LogP contribution in [-0.2, 0) is 4.79 Å². The Bertz CT molecular complexity index is 796. The molecular weight excluding hydrogens is 346 g/mol. The van der Waals surface area contributed by atoms with Crippen LogP contribution in [0.15, 0.2) is 51.4 Å². The van der Waals surface area contributed by atoms with Gasteiger partial charge >= 0.3 is 0 Å². The molecule has 0 saturated carbocycles. The summed E-state index contributed by atoms with van der Waals surface area (Å²) >= 11 is 3.43. The highest BCUT2D eigenvalue weighted by Gasteiger charge is 2.07. The van der Waals surface area contributed by atoms with Gasteiger partial charge in [0, 0.05) is 10.2 Å². The number of aryl methyl sites for hydroxylation is 1. The predicted molar refractivity (Wildman–Crippen MR) is 90.0 cm³/mol. The Morgan fingerprint density at radius 1 is 1.27 bits per heavy atom. The second-order valence-corrected chi connectivity index (χ2v) is 5.71. The molecule has 0 radical (unpaired) electrons. The summed E-state index contributed by atoms with van der Waals surface area (Å²) in [6.07, 6.45) is 0. The maximum Gasteiger partial charge on any atom is 0.296 e. The first-order valence-corrected chi connectivity index (χ1v) is 7.56. The lowest BCUT2D eigenvalue weighted by Gasteiger charge is -2.07. The molecule has 0 aliphatic heterocycles. The SMILES string of the molecule is Cc1cc(NC(=O)CNc2nc3ccccc3o2)ccc1Br. The average Bonchev–Trinajstić information content (AvgIpc) is 2.92. The minimum atomic E-state index is -0.163. The van der Waals surface area contributed by atoms with Crippen molar-refractivity contribution in [2.75, 3.05) is 17.2 Å². The van der Waals surface area contributed by atoms with E-state index < -0.39 is 0 Å². The first-order chi connectivity index (χ1) is 10.6. The number of benzene rings is 2. The van der Waals surface area contributed by atoms with E-state index in [0.29, 0.717) is 11.6 Å². The van der Waals surface area contributed by atoms with Crippen molar-refractivity contribution in [1.29, 1.82) is 0 Å². The van der Waals surface area contributed by atoms with Gasteiger partial charge in [-0.1, -0.05) is 28.1 Å². The van der Waals surface area contributed by atoms with Gasteiger partial charge in [0.25, 0.3) is 6.01 Å². The summed E-state index contributed by atoms with van der Waals surface area (Å²) in [6, 6.07) is 13.4. The summed E-state index contributed by atoms with van der Waals surface area (Å²) < 4.78 is 6.50. The molecule has 2 aromatic carbocycles. The van der Waals surface area contributed by atoms with Gasteiger partial charge < -0.3 is 15.1 Å². The molecule has 112 valence electrons. The Hall–Kier alpha value is -2.34. The van der Waals surface area contributed by atoms with Crippen molar-refractivity contribution in [2.45, 2.75) is 6.92 Å². The van der Waals surface area contributed by atoms with Crippen LogP contribution in [-0.4, -0.2) is 17.4 Å². The Morgan fingerprint density at radius 2 is 2.09 bits per heavy atom. The molecule has 0 aliphatic carbocycles. The lowest BCUT2D eigenvalue weighted by Crippen LogP contribution is -2.21. The molecule has 6 heteroatoms. The van der Waals surface area contributed by atoms with E-state index in [4.69, 9.17) is 4.42 Å². The Morgan fingerprint density at radius 3 is 2.86 bits per heavy atom. The highest BCUT2D eigenvalue weighted by molar-refractivity contribution is 9.10. The van der Waals surface area contributed by atoms with Crippen molar-refractivity contribution in [3.63, 3.8) is 0 Å². The summed E-state index contributed by atoms with van der Waals surface area (Å²) in [7, 11) is 0.